The van der Waals surface area contributed by atoms with Gasteiger partial charge in [-0.3, -0.25) is 4.90 Å². The molecule has 70 valence electrons. The monoisotopic (exact) mass is 240 g/mol. The quantitative estimate of drug-likeness (QED) is 0.739. The fourth-order valence-corrected chi connectivity index (χ4v) is 2.15. The first-order valence-electron chi connectivity index (χ1n) is 4.67. The largest absolute Gasteiger partial charge is 0.299 e. The number of likely N-dealkylation sites (tertiary alicyclic amines) is 1. The Bertz CT molecular complexity index is 282. The van der Waals surface area contributed by atoms with E-state index >= 15 is 0 Å². The molecule has 0 atom stereocenters. The third-order valence-corrected chi connectivity index (χ3v) is 2.83. The molecule has 3 heteroatoms. The smallest absolute Gasteiger partial charge is 0.106 e. The molecule has 1 aliphatic heterocycles. The van der Waals surface area contributed by atoms with Gasteiger partial charge in [0.05, 0.1) is 0 Å². The molecule has 1 fully saturated rings. The molecule has 0 unspecified atom stereocenters. The molecular formula is C10H13BrN2. The van der Waals surface area contributed by atoms with E-state index in [1.807, 2.05) is 6.20 Å². The van der Waals surface area contributed by atoms with Crippen LogP contribution in [0.3, 0.4) is 0 Å². The van der Waals surface area contributed by atoms with E-state index in [-0.39, 0.29) is 0 Å². The van der Waals surface area contributed by atoms with Crippen LogP contribution in [0.25, 0.3) is 0 Å². The molecule has 1 saturated heterocycles. The van der Waals surface area contributed by atoms with Crippen molar-refractivity contribution in [1.82, 2.24) is 9.88 Å². The summed E-state index contributed by atoms with van der Waals surface area (Å²) in [6.07, 6.45) is 4.56. The van der Waals surface area contributed by atoms with Crippen LogP contribution in [0.15, 0.2) is 22.9 Å². The van der Waals surface area contributed by atoms with Crippen LogP contribution in [0.4, 0.5) is 0 Å². The Morgan fingerprint density at radius 3 is 2.85 bits per heavy atom. The molecule has 0 amide bonds. The van der Waals surface area contributed by atoms with Gasteiger partial charge in [0.2, 0.25) is 0 Å². The Labute approximate surface area is 87.1 Å². The third kappa shape index (κ3) is 2.51. The van der Waals surface area contributed by atoms with E-state index in [0.29, 0.717) is 0 Å². The van der Waals surface area contributed by atoms with Gasteiger partial charge in [0.25, 0.3) is 0 Å². The van der Waals surface area contributed by atoms with Crippen molar-refractivity contribution < 1.29 is 0 Å². The van der Waals surface area contributed by atoms with Gasteiger partial charge in [-0.1, -0.05) is 0 Å². The van der Waals surface area contributed by atoms with Crippen molar-refractivity contribution in [3.63, 3.8) is 0 Å². The second kappa shape index (κ2) is 4.20. The van der Waals surface area contributed by atoms with Crippen molar-refractivity contribution in [2.75, 3.05) is 13.1 Å². The number of hydrogen-bond acceptors (Lipinski definition) is 2. The summed E-state index contributed by atoms with van der Waals surface area (Å²) in [7, 11) is 0. The highest BCUT2D eigenvalue weighted by atomic mass is 79.9. The van der Waals surface area contributed by atoms with Crippen LogP contribution in [-0.4, -0.2) is 23.0 Å². The maximum absolute atomic E-state index is 4.11. The highest BCUT2D eigenvalue weighted by Crippen LogP contribution is 2.14. The second-order valence-electron chi connectivity index (χ2n) is 3.47. The first kappa shape index (κ1) is 9.16. The first-order chi connectivity index (χ1) is 6.34. The minimum absolute atomic E-state index is 0.934. The molecule has 0 bridgehead atoms. The Balaban J connectivity index is 2.00. The van der Waals surface area contributed by atoms with E-state index in [0.717, 1.165) is 11.1 Å². The summed E-state index contributed by atoms with van der Waals surface area (Å²) in [6, 6.07) is 4.18. The molecule has 0 saturated carbocycles. The van der Waals surface area contributed by atoms with Crippen LogP contribution < -0.4 is 0 Å². The van der Waals surface area contributed by atoms with Crippen LogP contribution in [0.2, 0.25) is 0 Å². The molecule has 13 heavy (non-hydrogen) atoms. The Hall–Kier alpha value is -0.410. The average molecular weight is 241 g/mol. The lowest BCUT2D eigenvalue weighted by Crippen LogP contribution is -2.18. The van der Waals surface area contributed by atoms with Crippen molar-refractivity contribution in [1.29, 1.82) is 0 Å². The van der Waals surface area contributed by atoms with E-state index in [4.69, 9.17) is 0 Å². The molecule has 2 heterocycles. The molecule has 1 aromatic heterocycles. The van der Waals surface area contributed by atoms with E-state index < -0.39 is 0 Å². The van der Waals surface area contributed by atoms with Crippen molar-refractivity contribution in [2.45, 2.75) is 19.4 Å². The Morgan fingerprint density at radius 2 is 2.15 bits per heavy atom. The normalized spacial score (nSPS) is 17.9. The van der Waals surface area contributed by atoms with E-state index in [1.54, 1.807) is 0 Å². The molecule has 0 aromatic carbocycles. The van der Waals surface area contributed by atoms with Crippen LogP contribution in [0.5, 0.6) is 0 Å². The summed E-state index contributed by atoms with van der Waals surface area (Å²) in [6.45, 7) is 3.57. The van der Waals surface area contributed by atoms with Gasteiger partial charge in [-0.25, -0.2) is 4.98 Å². The Kier molecular flexibility index (Phi) is 2.96. The van der Waals surface area contributed by atoms with Gasteiger partial charge < -0.3 is 0 Å². The highest BCUT2D eigenvalue weighted by molar-refractivity contribution is 9.10. The SMILES string of the molecule is Brc1cc(CN2CCCC2)ccn1. The number of aromatic nitrogens is 1. The number of halogens is 1. The fraction of sp³-hybridized carbons (Fsp3) is 0.500. The maximum Gasteiger partial charge on any atom is 0.106 e. The van der Waals surface area contributed by atoms with Crippen LogP contribution in [0, 0.1) is 0 Å². The van der Waals surface area contributed by atoms with E-state index in [1.165, 1.54) is 31.5 Å². The number of pyridine rings is 1. The lowest BCUT2D eigenvalue weighted by Gasteiger charge is -2.14. The zero-order valence-corrected chi connectivity index (χ0v) is 9.13. The van der Waals surface area contributed by atoms with Crippen LogP contribution in [0.1, 0.15) is 18.4 Å². The molecule has 1 aliphatic rings. The molecule has 0 aliphatic carbocycles. The second-order valence-corrected chi connectivity index (χ2v) is 4.28. The van der Waals surface area contributed by atoms with Crippen molar-refractivity contribution in [3.05, 3.63) is 28.5 Å². The zero-order chi connectivity index (χ0) is 9.10. The van der Waals surface area contributed by atoms with Crippen molar-refractivity contribution in [2.24, 2.45) is 0 Å². The minimum atomic E-state index is 0.934. The predicted octanol–water partition coefficient (Wildman–Crippen LogP) is 2.44. The highest BCUT2D eigenvalue weighted by Gasteiger charge is 2.11. The Morgan fingerprint density at radius 1 is 1.38 bits per heavy atom. The average Bonchev–Trinajstić information content (AvgIpc) is 2.57. The molecule has 2 nitrogen and oxygen atoms in total. The summed E-state index contributed by atoms with van der Waals surface area (Å²) >= 11 is 3.38. The van der Waals surface area contributed by atoms with Gasteiger partial charge in [0.15, 0.2) is 0 Å². The molecule has 0 N–H and O–H groups in total. The molecule has 0 radical (unpaired) electrons. The summed E-state index contributed by atoms with van der Waals surface area (Å²) in [5.74, 6) is 0. The maximum atomic E-state index is 4.11. The van der Waals surface area contributed by atoms with Gasteiger partial charge >= 0.3 is 0 Å². The van der Waals surface area contributed by atoms with Gasteiger partial charge in [-0.2, -0.15) is 0 Å². The zero-order valence-electron chi connectivity index (χ0n) is 7.54. The van der Waals surface area contributed by atoms with E-state index in [9.17, 15) is 0 Å². The van der Waals surface area contributed by atoms with Crippen molar-refractivity contribution >= 4 is 15.9 Å². The molecule has 0 spiro atoms. The molecule has 2 rings (SSSR count). The summed E-state index contributed by atoms with van der Waals surface area (Å²) in [4.78, 5) is 6.60. The van der Waals surface area contributed by atoms with E-state index in [2.05, 4.69) is 37.9 Å². The van der Waals surface area contributed by atoms with Crippen LogP contribution in [-0.2, 0) is 6.54 Å². The minimum Gasteiger partial charge on any atom is -0.299 e. The van der Waals surface area contributed by atoms with Crippen LogP contribution >= 0.6 is 15.9 Å². The van der Waals surface area contributed by atoms with Crippen molar-refractivity contribution in [3.8, 4) is 0 Å². The number of rotatable bonds is 2. The topological polar surface area (TPSA) is 16.1 Å². The number of hydrogen-bond donors (Lipinski definition) is 0. The predicted molar refractivity (Wildman–Crippen MR) is 56.4 cm³/mol. The number of nitrogens with zero attached hydrogens (tertiary/aromatic N) is 2. The van der Waals surface area contributed by atoms with Gasteiger partial charge in [0.1, 0.15) is 4.60 Å². The lowest BCUT2D eigenvalue weighted by atomic mass is 10.2. The summed E-state index contributed by atoms with van der Waals surface area (Å²) < 4.78 is 0.934. The first-order valence-corrected chi connectivity index (χ1v) is 5.47. The molecule has 1 aromatic rings. The third-order valence-electron chi connectivity index (χ3n) is 2.40. The van der Waals surface area contributed by atoms with Gasteiger partial charge in [-0.05, 0) is 59.6 Å². The molecular weight excluding hydrogens is 228 g/mol. The van der Waals surface area contributed by atoms with Gasteiger partial charge in [-0.15, -0.1) is 0 Å². The fourth-order valence-electron chi connectivity index (χ4n) is 1.74. The summed E-state index contributed by atoms with van der Waals surface area (Å²) in [5, 5.41) is 0. The lowest BCUT2D eigenvalue weighted by molar-refractivity contribution is 0.331. The summed E-state index contributed by atoms with van der Waals surface area (Å²) in [5.41, 5.74) is 1.35. The standard InChI is InChI=1S/C10H13BrN2/c11-10-7-9(3-4-12-10)8-13-5-1-2-6-13/h3-4,7H,1-2,5-6,8H2. The van der Waals surface area contributed by atoms with Gasteiger partial charge in [0, 0.05) is 12.7 Å².